The van der Waals surface area contributed by atoms with Crippen LogP contribution in [0, 0.1) is 0 Å². The molecule has 212 valence electrons. The van der Waals surface area contributed by atoms with Gasteiger partial charge in [-0.2, -0.15) is 24.5 Å². The van der Waals surface area contributed by atoms with Crippen LogP contribution in [0.25, 0.3) is 0 Å². The highest BCUT2D eigenvalue weighted by Gasteiger charge is 2.33. The zero-order valence-corrected chi connectivity index (χ0v) is 25.6. The van der Waals surface area contributed by atoms with E-state index in [1.54, 1.807) is 0 Å². The summed E-state index contributed by atoms with van der Waals surface area (Å²) in [6, 6.07) is 13.7. The Bertz CT molecular complexity index is 1850. The summed E-state index contributed by atoms with van der Waals surface area (Å²) >= 11 is 14.3. The van der Waals surface area contributed by atoms with Gasteiger partial charge in [0.05, 0.1) is 34.6 Å². The molecule has 0 unspecified atom stereocenters. The van der Waals surface area contributed by atoms with Crippen molar-refractivity contribution in [2.45, 2.75) is 13.3 Å². The Morgan fingerprint density at radius 1 is 0.775 bits per heavy atom. The summed E-state index contributed by atoms with van der Waals surface area (Å²) in [7, 11) is -11.8. The van der Waals surface area contributed by atoms with Gasteiger partial charge >= 0.3 is 5.97 Å². The maximum absolute atomic E-state index is 13.2. The van der Waals surface area contributed by atoms with Gasteiger partial charge in [-0.05, 0) is 65.4 Å². The van der Waals surface area contributed by atoms with Gasteiger partial charge in [0.1, 0.15) is 8.42 Å². The quantitative estimate of drug-likeness (QED) is 0.180. The third kappa shape index (κ3) is 5.93. The number of benzene rings is 2. The van der Waals surface area contributed by atoms with E-state index in [9.17, 15) is 30.0 Å². The van der Waals surface area contributed by atoms with Gasteiger partial charge in [-0.1, -0.05) is 12.1 Å². The van der Waals surface area contributed by atoms with Gasteiger partial charge in [0.25, 0.3) is 30.1 Å². The second-order valence-corrected chi connectivity index (χ2v) is 16.3. The van der Waals surface area contributed by atoms with Gasteiger partial charge in [-0.25, -0.2) is 13.2 Å². The van der Waals surface area contributed by atoms with Crippen molar-refractivity contribution in [2.24, 2.45) is 0 Å². The summed E-state index contributed by atoms with van der Waals surface area (Å²) in [6.07, 6.45) is 0. The molecule has 0 fully saturated rings. The first-order valence-corrected chi connectivity index (χ1v) is 17.4. The van der Waals surface area contributed by atoms with Crippen LogP contribution in [-0.2, 0) is 34.8 Å². The topological polar surface area (TPSA) is 147 Å². The summed E-state index contributed by atoms with van der Waals surface area (Å²) in [5, 5.41) is 3.02. The van der Waals surface area contributed by atoms with Gasteiger partial charge in [-0.3, -0.25) is 4.72 Å². The molecule has 0 amide bonds. The molecule has 0 bridgehead atoms. The number of anilines is 3. The lowest BCUT2D eigenvalue weighted by atomic mass is 10.2. The number of rotatable bonds is 10. The number of thiophene rings is 2. The molecule has 0 aliphatic heterocycles. The first kappa shape index (κ1) is 30.1. The number of hydrogen-bond acceptors (Lipinski definition) is 10. The average molecular weight is 683 g/mol. The van der Waals surface area contributed by atoms with Crippen molar-refractivity contribution >= 4 is 99.3 Å². The van der Waals surface area contributed by atoms with Gasteiger partial charge < -0.3 is 4.74 Å². The van der Waals surface area contributed by atoms with Gasteiger partial charge in [0, 0.05) is 23.6 Å². The summed E-state index contributed by atoms with van der Waals surface area (Å²) in [6.45, 7) is 0. The van der Waals surface area contributed by atoms with Gasteiger partial charge in [-0.15, -0.1) is 22.7 Å². The number of carbonyl (C=O) groups excluding carboxylic acids is 1. The zero-order valence-electron chi connectivity index (χ0n) is 20.0. The molecule has 1 N–H and O–H groups in total. The predicted octanol–water partition coefficient (Wildman–Crippen LogP) is 5.10. The fourth-order valence-electron chi connectivity index (χ4n) is 3.22. The van der Waals surface area contributed by atoms with E-state index in [4.69, 9.17) is 23.6 Å². The van der Waals surface area contributed by atoms with E-state index < -0.39 is 41.7 Å². The van der Waals surface area contributed by atoms with Crippen molar-refractivity contribution in [3.8, 4) is 0 Å². The molecule has 0 spiro atoms. The third-order valence-electron chi connectivity index (χ3n) is 5.11. The van der Waals surface area contributed by atoms with Crippen LogP contribution in [0.3, 0.4) is 0 Å². The van der Waals surface area contributed by atoms with Crippen molar-refractivity contribution in [3.05, 3.63) is 83.1 Å². The van der Waals surface area contributed by atoms with Crippen LogP contribution in [0.4, 0.5) is 17.1 Å². The Balaban J connectivity index is 1.78. The number of nitrogens with zero attached hydrogens (tertiary/aromatic N) is 2. The molecular formula is C22H17Cl2N3O8S5. The van der Waals surface area contributed by atoms with Crippen molar-refractivity contribution in [1.29, 1.82) is 0 Å². The van der Waals surface area contributed by atoms with Crippen molar-refractivity contribution in [1.82, 2.24) is 0 Å². The summed E-state index contributed by atoms with van der Waals surface area (Å²) in [5.74, 6) is -0.658. The Morgan fingerprint density at radius 2 is 1.30 bits per heavy atom. The standard InChI is InChI=1S/C22H17Cl2N3O8S5/c1-35-22(28)15-6-9-17(10-7-15)38(29,30)25-16-8-11-18(26(23)39(31,32)20-4-2-12-36-20)19(14-16)27(24)40(33,34)21-5-3-13-37-21/h2-14,25H,1H3. The molecule has 4 rings (SSSR count). The minimum absolute atomic E-state index is 0.124. The molecule has 40 heavy (non-hydrogen) atoms. The van der Waals surface area contributed by atoms with Crippen LogP contribution < -0.4 is 12.4 Å². The smallest absolute Gasteiger partial charge is 0.337 e. The molecule has 4 aromatic rings. The molecule has 0 saturated heterocycles. The molecule has 0 saturated carbocycles. The normalized spacial score (nSPS) is 12.1. The monoisotopic (exact) mass is 681 g/mol. The number of esters is 1. The summed E-state index contributed by atoms with van der Waals surface area (Å²) < 4.78 is 85.8. The number of sulfonamides is 3. The molecule has 0 aliphatic carbocycles. The fraction of sp³-hybridized carbons (Fsp3) is 0.0455. The van der Waals surface area contributed by atoms with E-state index in [0.29, 0.717) is 3.82 Å². The van der Waals surface area contributed by atoms with Crippen LogP contribution in [-0.4, -0.2) is 38.3 Å². The van der Waals surface area contributed by atoms with Crippen LogP contribution in [0.5, 0.6) is 0 Å². The number of ether oxygens (including phenoxy) is 1. The first-order valence-electron chi connectivity index (χ1n) is 10.6. The number of hydrogen-bond donors (Lipinski definition) is 1. The molecule has 0 atom stereocenters. The minimum Gasteiger partial charge on any atom is -0.465 e. The fourth-order valence-corrected chi connectivity index (χ4v) is 9.52. The lowest BCUT2D eigenvalue weighted by molar-refractivity contribution is 0.0600. The molecular weight excluding hydrogens is 665 g/mol. The van der Waals surface area contributed by atoms with Crippen LogP contribution in [0.2, 0.25) is 0 Å². The Hall–Kier alpha value is -2.86. The highest BCUT2D eigenvalue weighted by atomic mass is 35.5. The highest BCUT2D eigenvalue weighted by Crippen LogP contribution is 2.41. The van der Waals surface area contributed by atoms with E-state index >= 15 is 0 Å². The molecule has 2 aromatic carbocycles. The van der Waals surface area contributed by atoms with Crippen LogP contribution in [0.15, 0.2) is 90.8 Å². The SMILES string of the molecule is COC(=O)c1ccc(S(=O)(=O)Nc2ccc(N(Cl)S(=O)(=O)c3cccs3)c(N(Cl)S(=O)(=O)c3cccs3)c2)cc1. The van der Waals surface area contributed by atoms with E-state index in [0.717, 1.165) is 34.8 Å². The van der Waals surface area contributed by atoms with Crippen molar-refractivity contribution in [3.63, 3.8) is 0 Å². The predicted molar refractivity (Wildman–Crippen MR) is 155 cm³/mol. The summed E-state index contributed by atoms with van der Waals surface area (Å²) in [5.41, 5.74) is -0.859. The average Bonchev–Trinajstić information content (AvgIpc) is 3.67. The third-order valence-corrected chi connectivity index (χ3v) is 13.7. The van der Waals surface area contributed by atoms with E-state index in [1.165, 1.54) is 72.5 Å². The highest BCUT2D eigenvalue weighted by molar-refractivity contribution is 7.96. The number of nitrogens with one attached hydrogen (secondary N) is 1. The lowest BCUT2D eigenvalue weighted by Crippen LogP contribution is -2.26. The lowest BCUT2D eigenvalue weighted by Gasteiger charge is -2.23. The number of carbonyl (C=O) groups is 1. The molecule has 0 radical (unpaired) electrons. The van der Waals surface area contributed by atoms with Gasteiger partial charge in [0.15, 0.2) is 0 Å². The Labute approximate surface area is 248 Å². The largest absolute Gasteiger partial charge is 0.465 e. The summed E-state index contributed by atoms with van der Waals surface area (Å²) in [4.78, 5) is 11.4. The maximum Gasteiger partial charge on any atom is 0.337 e. The minimum atomic E-state index is -4.41. The second-order valence-electron chi connectivity index (χ2n) is 7.63. The second kappa shape index (κ2) is 11.6. The van der Waals surface area contributed by atoms with E-state index in [-0.39, 0.29) is 34.1 Å². The number of halogens is 2. The van der Waals surface area contributed by atoms with Crippen LogP contribution in [0.1, 0.15) is 10.4 Å². The molecule has 0 aliphatic rings. The van der Waals surface area contributed by atoms with Crippen molar-refractivity contribution < 1.29 is 34.8 Å². The molecule has 2 heterocycles. The Morgan fingerprint density at radius 3 is 1.77 bits per heavy atom. The first-order chi connectivity index (χ1) is 18.8. The van der Waals surface area contributed by atoms with Crippen LogP contribution >= 0.6 is 46.2 Å². The molecule has 11 nitrogen and oxygen atoms in total. The molecule has 2 aromatic heterocycles. The van der Waals surface area contributed by atoms with Gasteiger partial charge in [0.2, 0.25) is 0 Å². The zero-order chi connectivity index (χ0) is 29.3. The van der Waals surface area contributed by atoms with E-state index in [2.05, 4.69) is 9.46 Å². The maximum atomic E-state index is 13.2. The molecule has 18 heteroatoms. The Kier molecular flexibility index (Phi) is 8.70. The van der Waals surface area contributed by atoms with Crippen molar-refractivity contribution in [2.75, 3.05) is 19.5 Å². The number of methoxy groups -OCH3 is 1. The van der Waals surface area contributed by atoms with E-state index in [1.807, 2.05) is 0 Å².